The highest BCUT2D eigenvalue weighted by Gasteiger charge is 2.41. The van der Waals surface area contributed by atoms with E-state index in [0.717, 1.165) is 0 Å². The number of halogens is 3. The molecular formula is C11H14F3NO2. The SMILES string of the molecule is COCCONC(c1ccccc1)C(F)(F)F. The summed E-state index contributed by atoms with van der Waals surface area (Å²) in [6, 6.07) is 5.70. The summed E-state index contributed by atoms with van der Waals surface area (Å²) >= 11 is 0. The Hall–Kier alpha value is -1.11. The molecule has 17 heavy (non-hydrogen) atoms. The van der Waals surface area contributed by atoms with Crippen LogP contribution < -0.4 is 5.48 Å². The second-order valence-electron chi connectivity index (χ2n) is 3.34. The highest BCUT2D eigenvalue weighted by Crippen LogP contribution is 2.32. The third-order valence-corrected chi connectivity index (χ3v) is 2.05. The zero-order chi connectivity index (χ0) is 12.7. The van der Waals surface area contributed by atoms with Crippen LogP contribution in [0, 0.1) is 0 Å². The van der Waals surface area contributed by atoms with Gasteiger partial charge in [-0.2, -0.15) is 18.7 Å². The molecule has 0 radical (unpaired) electrons. The second kappa shape index (κ2) is 6.58. The predicted molar refractivity (Wildman–Crippen MR) is 56.2 cm³/mol. The third-order valence-electron chi connectivity index (χ3n) is 2.05. The quantitative estimate of drug-likeness (QED) is 0.620. The summed E-state index contributed by atoms with van der Waals surface area (Å²) in [5.74, 6) is 0. The van der Waals surface area contributed by atoms with Crippen molar-refractivity contribution in [3.8, 4) is 0 Å². The largest absolute Gasteiger partial charge is 0.410 e. The number of nitrogens with one attached hydrogen (secondary N) is 1. The molecule has 0 spiro atoms. The summed E-state index contributed by atoms with van der Waals surface area (Å²) in [6.07, 6.45) is -4.41. The van der Waals surface area contributed by atoms with E-state index in [2.05, 4.69) is 4.74 Å². The number of benzene rings is 1. The average Bonchev–Trinajstić information content (AvgIpc) is 2.28. The summed E-state index contributed by atoms with van der Waals surface area (Å²) < 4.78 is 42.9. The van der Waals surface area contributed by atoms with E-state index in [4.69, 9.17) is 4.84 Å². The first-order chi connectivity index (χ1) is 8.05. The summed E-state index contributed by atoms with van der Waals surface area (Å²) in [4.78, 5) is 4.72. The first kappa shape index (κ1) is 14.0. The Kier molecular flexibility index (Phi) is 5.40. The molecule has 0 saturated heterocycles. The molecular weight excluding hydrogens is 235 g/mol. The Morgan fingerprint density at radius 2 is 1.82 bits per heavy atom. The molecule has 3 nitrogen and oxygen atoms in total. The molecule has 0 bridgehead atoms. The van der Waals surface area contributed by atoms with Crippen LogP contribution in [0.15, 0.2) is 30.3 Å². The summed E-state index contributed by atoms with van der Waals surface area (Å²) in [5, 5.41) is 0. The van der Waals surface area contributed by atoms with Gasteiger partial charge in [-0.25, -0.2) is 0 Å². The van der Waals surface area contributed by atoms with Crippen molar-refractivity contribution in [2.75, 3.05) is 20.3 Å². The van der Waals surface area contributed by atoms with E-state index >= 15 is 0 Å². The second-order valence-corrected chi connectivity index (χ2v) is 3.34. The molecule has 96 valence electrons. The van der Waals surface area contributed by atoms with Crippen LogP contribution in [0.2, 0.25) is 0 Å². The van der Waals surface area contributed by atoms with E-state index in [-0.39, 0.29) is 18.8 Å². The van der Waals surface area contributed by atoms with Crippen molar-refractivity contribution in [3.63, 3.8) is 0 Å². The molecule has 0 heterocycles. The van der Waals surface area contributed by atoms with Crippen LogP contribution in [-0.4, -0.2) is 26.5 Å². The van der Waals surface area contributed by atoms with Gasteiger partial charge in [-0.3, -0.25) is 4.84 Å². The Labute approximate surface area is 97.5 Å². The van der Waals surface area contributed by atoms with Crippen LogP contribution in [0.3, 0.4) is 0 Å². The van der Waals surface area contributed by atoms with Gasteiger partial charge in [-0.05, 0) is 5.56 Å². The molecule has 1 unspecified atom stereocenters. The molecule has 1 aromatic carbocycles. The van der Waals surface area contributed by atoms with Gasteiger partial charge in [-0.15, -0.1) is 0 Å². The fourth-order valence-corrected chi connectivity index (χ4v) is 1.24. The minimum atomic E-state index is -4.41. The maximum absolute atomic E-state index is 12.7. The number of methoxy groups -OCH3 is 1. The number of ether oxygens (including phenoxy) is 1. The van der Waals surface area contributed by atoms with Gasteiger partial charge < -0.3 is 4.74 Å². The standard InChI is InChI=1S/C11H14F3NO2/c1-16-7-8-17-15-10(11(12,13)14)9-5-3-2-4-6-9/h2-6,10,15H,7-8H2,1H3. The molecule has 0 amide bonds. The van der Waals surface area contributed by atoms with Crippen LogP contribution in [0.25, 0.3) is 0 Å². The van der Waals surface area contributed by atoms with Crippen molar-refractivity contribution in [1.29, 1.82) is 0 Å². The molecule has 1 atom stereocenters. The fraction of sp³-hybridized carbons (Fsp3) is 0.455. The van der Waals surface area contributed by atoms with Gasteiger partial charge in [0.05, 0.1) is 13.2 Å². The zero-order valence-corrected chi connectivity index (χ0v) is 9.33. The van der Waals surface area contributed by atoms with Gasteiger partial charge in [0.25, 0.3) is 0 Å². The Bertz CT molecular complexity index is 316. The summed E-state index contributed by atoms with van der Waals surface area (Å²) in [5.41, 5.74) is 2.11. The summed E-state index contributed by atoms with van der Waals surface area (Å²) in [6.45, 7) is 0.280. The maximum Gasteiger partial charge on any atom is 0.410 e. The topological polar surface area (TPSA) is 30.5 Å². The first-order valence-corrected chi connectivity index (χ1v) is 5.03. The van der Waals surface area contributed by atoms with Gasteiger partial charge in [0.15, 0.2) is 6.04 Å². The number of alkyl halides is 3. The number of rotatable bonds is 6. The summed E-state index contributed by atoms with van der Waals surface area (Å²) in [7, 11) is 1.45. The predicted octanol–water partition coefficient (Wildman–Crippen LogP) is 2.46. The van der Waals surface area contributed by atoms with Gasteiger partial charge in [0, 0.05) is 7.11 Å². The average molecular weight is 249 g/mol. The van der Waals surface area contributed by atoms with Crippen LogP contribution in [0.4, 0.5) is 13.2 Å². The minimum absolute atomic E-state index is 0.0515. The van der Waals surface area contributed by atoms with Crippen molar-refractivity contribution >= 4 is 0 Å². The number of hydrogen-bond acceptors (Lipinski definition) is 3. The molecule has 0 aromatic heterocycles. The molecule has 0 aliphatic heterocycles. The van der Waals surface area contributed by atoms with Crippen LogP contribution >= 0.6 is 0 Å². The lowest BCUT2D eigenvalue weighted by Gasteiger charge is -2.21. The van der Waals surface area contributed by atoms with Crippen LogP contribution in [0.5, 0.6) is 0 Å². The molecule has 1 aromatic rings. The van der Waals surface area contributed by atoms with Crippen LogP contribution in [0.1, 0.15) is 11.6 Å². The molecule has 1 N–H and O–H groups in total. The van der Waals surface area contributed by atoms with Gasteiger partial charge in [-0.1, -0.05) is 30.3 Å². The van der Waals surface area contributed by atoms with Crippen molar-refractivity contribution < 1.29 is 22.7 Å². The highest BCUT2D eigenvalue weighted by atomic mass is 19.4. The molecule has 1 rings (SSSR count). The number of hydroxylamine groups is 1. The van der Waals surface area contributed by atoms with Crippen LogP contribution in [-0.2, 0) is 9.57 Å². The van der Waals surface area contributed by atoms with Crippen molar-refractivity contribution in [2.24, 2.45) is 0 Å². The van der Waals surface area contributed by atoms with Crippen molar-refractivity contribution in [3.05, 3.63) is 35.9 Å². The van der Waals surface area contributed by atoms with E-state index in [1.807, 2.05) is 5.48 Å². The third kappa shape index (κ3) is 4.72. The molecule has 0 saturated carbocycles. The highest BCUT2D eigenvalue weighted by molar-refractivity contribution is 5.19. The van der Waals surface area contributed by atoms with Crippen molar-refractivity contribution in [1.82, 2.24) is 5.48 Å². The minimum Gasteiger partial charge on any atom is -0.382 e. The lowest BCUT2D eigenvalue weighted by Crippen LogP contribution is -2.34. The molecule has 0 fully saturated rings. The van der Waals surface area contributed by atoms with E-state index in [0.29, 0.717) is 0 Å². The van der Waals surface area contributed by atoms with E-state index in [1.165, 1.54) is 19.2 Å². The smallest absolute Gasteiger partial charge is 0.382 e. The lowest BCUT2D eigenvalue weighted by atomic mass is 10.1. The van der Waals surface area contributed by atoms with Crippen molar-refractivity contribution in [2.45, 2.75) is 12.2 Å². The Morgan fingerprint density at radius 3 is 2.35 bits per heavy atom. The lowest BCUT2D eigenvalue weighted by molar-refractivity contribution is -0.189. The van der Waals surface area contributed by atoms with Gasteiger partial charge in [0.2, 0.25) is 0 Å². The van der Waals surface area contributed by atoms with E-state index in [9.17, 15) is 13.2 Å². The Balaban J connectivity index is 2.63. The van der Waals surface area contributed by atoms with Gasteiger partial charge in [0.1, 0.15) is 0 Å². The zero-order valence-electron chi connectivity index (χ0n) is 9.33. The van der Waals surface area contributed by atoms with E-state index in [1.54, 1.807) is 18.2 Å². The normalized spacial score (nSPS) is 13.6. The molecule has 0 aliphatic carbocycles. The fourth-order valence-electron chi connectivity index (χ4n) is 1.24. The molecule has 6 heteroatoms. The maximum atomic E-state index is 12.7. The first-order valence-electron chi connectivity index (χ1n) is 5.03. The van der Waals surface area contributed by atoms with Gasteiger partial charge >= 0.3 is 6.18 Å². The Morgan fingerprint density at radius 1 is 1.18 bits per heavy atom. The number of hydrogen-bond donors (Lipinski definition) is 1. The van der Waals surface area contributed by atoms with E-state index < -0.39 is 12.2 Å². The molecule has 0 aliphatic rings. The monoisotopic (exact) mass is 249 g/mol.